The Balaban J connectivity index is 2.09. The molecule has 2 aromatic rings. The molecule has 7 nitrogen and oxygen atoms in total. The first kappa shape index (κ1) is 21.3. The summed E-state index contributed by atoms with van der Waals surface area (Å²) in [6.45, 7) is 0. The minimum absolute atomic E-state index is 0.00508. The number of para-hydroxylation sites is 2. The number of thioether (sulfide) groups is 1. The predicted molar refractivity (Wildman–Crippen MR) is 117 cm³/mol. The topological polar surface area (TPSA) is 86.6 Å². The molecule has 0 amide bonds. The molecule has 0 aliphatic carbocycles. The van der Waals surface area contributed by atoms with Crippen LogP contribution in [0.3, 0.4) is 0 Å². The van der Waals surface area contributed by atoms with Crippen LogP contribution in [0.2, 0.25) is 0 Å². The maximum atomic E-state index is 12.3. The minimum atomic E-state index is -0.680. The highest BCUT2D eigenvalue weighted by molar-refractivity contribution is 8.18. The van der Waals surface area contributed by atoms with Gasteiger partial charge in [0.05, 0.1) is 33.3 Å². The number of nitrogens with zero attached hydrogens (tertiary/aromatic N) is 1. The van der Waals surface area contributed by atoms with Crippen molar-refractivity contribution in [1.82, 2.24) is 0 Å². The van der Waals surface area contributed by atoms with E-state index in [4.69, 9.17) is 18.9 Å². The maximum Gasteiger partial charge on any atom is 0.344 e. The van der Waals surface area contributed by atoms with Crippen LogP contribution in [0.25, 0.3) is 6.08 Å². The van der Waals surface area contributed by atoms with Crippen molar-refractivity contribution in [2.75, 3.05) is 28.4 Å². The summed E-state index contributed by atoms with van der Waals surface area (Å²) in [5, 5.41) is 11.1. The van der Waals surface area contributed by atoms with E-state index in [1.807, 2.05) is 12.1 Å². The Morgan fingerprint density at radius 2 is 1.67 bits per heavy atom. The summed E-state index contributed by atoms with van der Waals surface area (Å²) >= 11 is 1.16. The second-order valence-electron chi connectivity index (χ2n) is 6.06. The number of rotatable bonds is 6. The van der Waals surface area contributed by atoms with Crippen molar-refractivity contribution in [3.8, 4) is 17.2 Å². The summed E-state index contributed by atoms with van der Waals surface area (Å²) in [7, 11) is 5.90. The second kappa shape index (κ2) is 9.41. The van der Waals surface area contributed by atoms with Crippen molar-refractivity contribution in [2.45, 2.75) is 0 Å². The molecule has 1 heterocycles. The fourth-order valence-corrected chi connectivity index (χ4v) is 3.81. The number of methoxy groups -OCH3 is 4. The lowest BCUT2D eigenvalue weighted by Crippen LogP contribution is -2.10. The van der Waals surface area contributed by atoms with E-state index in [-0.39, 0.29) is 11.3 Å². The van der Waals surface area contributed by atoms with Gasteiger partial charge in [-0.2, -0.15) is 0 Å². The highest BCUT2D eigenvalue weighted by Crippen LogP contribution is 2.41. The average Bonchev–Trinajstić information content (AvgIpc) is 3.07. The molecule has 156 valence electrons. The van der Waals surface area contributed by atoms with Gasteiger partial charge in [-0.3, -0.25) is 0 Å². The van der Waals surface area contributed by atoms with E-state index < -0.39 is 5.97 Å². The molecule has 8 heteroatoms. The number of carbonyl (C=O) groups excluding carboxylic acids is 1. The normalized spacial score (nSPS) is 16.1. The number of aliphatic hydroxyl groups excluding tert-OH is 1. The van der Waals surface area contributed by atoms with Crippen LogP contribution in [0.5, 0.6) is 17.2 Å². The average molecular weight is 427 g/mol. The Bertz CT molecular complexity index is 1040. The second-order valence-corrected chi connectivity index (χ2v) is 7.09. The van der Waals surface area contributed by atoms with Crippen LogP contribution < -0.4 is 14.2 Å². The maximum absolute atomic E-state index is 12.3. The Hall–Kier alpha value is -3.39. The van der Waals surface area contributed by atoms with E-state index in [0.29, 0.717) is 32.9 Å². The van der Waals surface area contributed by atoms with Crippen LogP contribution >= 0.6 is 11.8 Å². The minimum Gasteiger partial charge on any atom is -0.506 e. The van der Waals surface area contributed by atoms with E-state index in [9.17, 15) is 9.90 Å². The van der Waals surface area contributed by atoms with Crippen molar-refractivity contribution < 1.29 is 28.8 Å². The zero-order valence-corrected chi connectivity index (χ0v) is 17.8. The van der Waals surface area contributed by atoms with Crippen molar-refractivity contribution in [1.29, 1.82) is 0 Å². The van der Waals surface area contributed by atoms with Gasteiger partial charge in [0.15, 0.2) is 0 Å². The molecule has 1 aliphatic heterocycles. The molecular weight excluding hydrogens is 406 g/mol. The zero-order chi connectivity index (χ0) is 21.7. The number of hydrogen-bond acceptors (Lipinski definition) is 8. The first-order valence-electron chi connectivity index (χ1n) is 8.87. The van der Waals surface area contributed by atoms with Gasteiger partial charge in [-0.05, 0) is 35.9 Å². The first-order chi connectivity index (χ1) is 14.5. The van der Waals surface area contributed by atoms with Crippen molar-refractivity contribution in [2.24, 2.45) is 4.99 Å². The lowest BCUT2D eigenvalue weighted by Gasteiger charge is -2.06. The number of aliphatic hydroxyl groups is 1. The summed E-state index contributed by atoms with van der Waals surface area (Å²) in [4.78, 5) is 17.3. The summed E-state index contributed by atoms with van der Waals surface area (Å²) in [5.41, 5.74) is 1.25. The lowest BCUT2D eigenvalue weighted by atomic mass is 10.1. The summed E-state index contributed by atoms with van der Waals surface area (Å²) in [6.07, 6.45) is 1.72. The fraction of sp³-hybridized carbons (Fsp3) is 0.182. The first-order valence-corrected chi connectivity index (χ1v) is 9.69. The van der Waals surface area contributed by atoms with Gasteiger partial charge in [0, 0.05) is 6.07 Å². The van der Waals surface area contributed by atoms with Crippen LogP contribution in [-0.2, 0) is 9.53 Å². The van der Waals surface area contributed by atoms with Crippen molar-refractivity contribution in [3.63, 3.8) is 0 Å². The summed E-state index contributed by atoms with van der Waals surface area (Å²) in [6, 6.07) is 12.5. The molecule has 3 rings (SSSR count). The smallest absolute Gasteiger partial charge is 0.344 e. The van der Waals surface area contributed by atoms with Crippen LogP contribution in [0.15, 0.2) is 63.7 Å². The van der Waals surface area contributed by atoms with Gasteiger partial charge in [0.1, 0.15) is 39.3 Å². The molecule has 0 aromatic heterocycles. The third-order valence-corrected chi connectivity index (χ3v) is 5.28. The molecule has 0 atom stereocenters. The van der Waals surface area contributed by atoms with E-state index >= 15 is 0 Å². The van der Waals surface area contributed by atoms with Gasteiger partial charge in [-0.1, -0.05) is 23.9 Å². The zero-order valence-electron chi connectivity index (χ0n) is 17.0. The van der Waals surface area contributed by atoms with E-state index in [2.05, 4.69) is 4.99 Å². The molecule has 0 unspecified atom stereocenters. The van der Waals surface area contributed by atoms with Gasteiger partial charge >= 0.3 is 5.97 Å². The molecule has 0 fully saturated rings. The highest BCUT2D eigenvalue weighted by atomic mass is 32.2. The summed E-state index contributed by atoms with van der Waals surface area (Å²) in [5.74, 6) is 0.861. The lowest BCUT2D eigenvalue weighted by molar-refractivity contribution is -0.135. The Morgan fingerprint density at radius 3 is 2.27 bits per heavy atom. The number of esters is 1. The number of ether oxygens (including phenoxy) is 4. The number of aliphatic imine (C=N–C) groups is 1. The third-order valence-electron chi connectivity index (χ3n) is 4.26. The van der Waals surface area contributed by atoms with Gasteiger partial charge in [-0.25, -0.2) is 9.79 Å². The Morgan fingerprint density at radius 1 is 1.00 bits per heavy atom. The molecule has 30 heavy (non-hydrogen) atoms. The van der Waals surface area contributed by atoms with Gasteiger partial charge in [-0.15, -0.1) is 0 Å². The quantitative estimate of drug-likeness (QED) is 0.679. The van der Waals surface area contributed by atoms with Crippen LogP contribution in [0.1, 0.15) is 5.56 Å². The van der Waals surface area contributed by atoms with E-state index in [1.165, 1.54) is 14.2 Å². The molecule has 0 radical (unpaired) electrons. The van der Waals surface area contributed by atoms with Gasteiger partial charge in [0.2, 0.25) is 0 Å². The van der Waals surface area contributed by atoms with Gasteiger partial charge < -0.3 is 24.1 Å². The summed E-state index contributed by atoms with van der Waals surface area (Å²) < 4.78 is 20.8. The largest absolute Gasteiger partial charge is 0.506 e. The molecule has 1 aliphatic rings. The molecule has 0 spiro atoms. The Kier molecular flexibility index (Phi) is 6.68. The monoisotopic (exact) mass is 427 g/mol. The number of benzene rings is 2. The number of hydrogen-bond donors (Lipinski definition) is 1. The van der Waals surface area contributed by atoms with E-state index in [1.54, 1.807) is 50.6 Å². The molecular formula is C22H21NO6S. The molecule has 0 bridgehead atoms. The van der Waals surface area contributed by atoms with E-state index in [0.717, 1.165) is 17.3 Å². The fourth-order valence-electron chi connectivity index (χ4n) is 2.79. The Labute approximate surface area is 178 Å². The van der Waals surface area contributed by atoms with Crippen molar-refractivity contribution >= 4 is 34.5 Å². The molecule has 0 saturated heterocycles. The standard InChI is InChI=1S/C22H21NO6S/c1-26-14-9-13(10-15(12-14)27-2)11-18-20(24)19(22(25)29-4)21(30-18)23-16-7-5-6-8-17(16)28-3/h5-12,24H,1-4H3/b18-11+,23-21?. The van der Waals surface area contributed by atoms with Gasteiger partial charge in [0.25, 0.3) is 0 Å². The predicted octanol–water partition coefficient (Wildman–Crippen LogP) is 4.52. The van der Waals surface area contributed by atoms with Crippen LogP contribution in [0.4, 0.5) is 5.69 Å². The van der Waals surface area contributed by atoms with Crippen LogP contribution in [-0.4, -0.2) is 44.6 Å². The van der Waals surface area contributed by atoms with Crippen molar-refractivity contribution in [3.05, 3.63) is 64.3 Å². The molecule has 0 saturated carbocycles. The number of carbonyl (C=O) groups is 1. The third kappa shape index (κ3) is 4.44. The molecule has 1 N–H and O–H groups in total. The molecule has 2 aromatic carbocycles. The highest BCUT2D eigenvalue weighted by Gasteiger charge is 2.33. The van der Waals surface area contributed by atoms with Crippen LogP contribution in [0, 0.1) is 0 Å². The SMILES string of the molecule is COC(=O)C1=C(O)/C(=C\c2cc(OC)cc(OC)c2)SC1=Nc1ccccc1OC.